The van der Waals surface area contributed by atoms with Crippen LogP contribution in [0.5, 0.6) is 0 Å². The number of benzene rings is 2. The maximum atomic E-state index is 3.50. The van der Waals surface area contributed by atoms with Crippen molar-refractivity contribution in [1.29, 1.82) is 0 Å². The van der Waals surface area contributed by atoms with Crippen molar-refractivity contribution in [3.05, 3.63) is 58.6 Å². The van der Waals surface area contributed by atoms with Gasteiger partial charge in [-0.2, -0.15) is 0 Å². The molecule has 1 nitrogen and oxygen atoms in total. The van der Waals surface area contributed by atoms with Gasteiger partial charge in [-0.15, -0.1) is 0 Å². The van der Waals surface area contributed by atoms with Gasteiger partial charge in [0.25, 0.3) is 0 Å². The zero-order valence-corrected chi connectivity index (χ0v) is 16.3. The Morgan fingerprint density at radius 1 is 0.833 bits per heavy atom. The van der Waals surface area contributed by atoms with Crippen LogP contribution in [0.3, 0.4) is 0 Å². The van der Waals surface area contributed by atoms with E-state index in [9.17, 15) is 0 Å². The average Bonchev–Trinajstić information content (AvgIpc) is 2.89. The third kappa shape index (κ3) is 4.94. The molecule has 3 rings (SSSR count). The van der Waals surface area contributed by atoms with Crippen LogP contribution in [0.25, 0.3) is 11.1 Å². The Kier molecular flexibility index (Phi) is 6.51. The Bertz CT molecular complexity index is 609. The molecule has 2 aromatic carbocycles. The molecule has 1 saturated heterocycles. The fourth-order valence-electron chi connectivity index (χ4n) is 3.55. The van der Waals surface area contributed by atoms with Crippen LogP contribution >= 0.6 is 15.9 Å². The lowest BCUT2D eigenvalue weighted by molar-refractivity contribution is 0.275. The Morgan fingerprint density at radius 2 is 1.38 bits per heavy atom. The molecule has 0 aliphatic carbocycles. The van der Waals surface area contributed by atoms with Crippen molar-refractivity contribution in [1.82, 2.24) is 4.90 Å². The molecule has 0 N–H and O–H groups in total. The Balaban J connectivity index is 1.57. The van der Waals surface area contributed by atoms with Gasteiger partial charge < -0.3 is 4.90 Å². The van der Waals surface area contributed by atoms with Crippen molar-refractivity contribution in [3.63, 3.8) is 0 Å². The molecule has 2 heteroatoms. The van der Waals surface area contributed by atoms with E-state index in [1.54, 1.807) is 0 Å². The highest BCUT2D eigenvalue weighted by Gasteiger charge is 2.12. The minimum Gasteiger partial charge on any atom is -0.303 e. The van der Waals surface area contributed by atoms with Crippen LogP contribution in [0, 0.1) is 0 Å². The highest BCUT2D eigenvalue weighted by molar-refractivity contribution is 9.10. The lowest BCUT2D eigenvalue weighted by atomic mass is 9.95. The summed E-state index contributed by atoms with van der Waals surface area (Å²) in [6.07, 6.45) is 6.87. The van der Waals surface area contributed by atoms with Gasteiger partial charge in [-0.1, -0.05) is 72.1 Å². The second-order valence-corrected chi connectivity index (χ2v) is 7.99. The van der Waals surface area contributed by atoms with Crippen LogP contribution < -0.4 is 0 Å². The molecule has 128 valence electrons. The zero-order valence-electron chi connectivity index (χ0n) is 14.7. The molecule has 0 radical (unpaired) electrons. The van der Waals surface area contributed by atoms with Crippen LogP contribution in [0.4, 0.5) is 0 Å². The van der Waals surface area contributed by atoms with Gasteiger partial charge in [0.15, 0.2) is 0 Å². The molecule has 1 heterocycles. The van der Waals surface area contributed by atoms with E-state index in [1.165, 1.54) is 68.4 Å². The van der Waals surface area contributed by atoms with Crippen molar-refractivity contribution in [2.45, 2.75) is 44.9 Å². The third-order valence-electron chi connectivity index (χ3n) is 5.23. The fourth-order valence-corrected chi connectivity index (χ4v) is 3.81. The molecule has 0 spiro atoms. The predicted octanol–water partition coefficient (Wildman–Crippen LogP) is 6.49. The van der Waals surface area contributed by atoms with Gasteiger partial charge in [-0.25, -0.2) is 0 Å². The molecule has 1 atom stereocenters. The number of nitrogens with zero attached hydrogens (tertiary/aromatic N) is 1. The summed E-state index contributed by atoms with van der Waals surface area (Å²) in [4.78, 5) is 2.67. The van der Waals surface area contributed by atoms with Crippen molar-refractivity contribution < 1.29 is 0 Å². The highest BCUT2D eigenvalue weighted by atomic mass is 79.9. The lowest BCUT2D eigenvalue weighted by Gasteiger charge is -2.22. The lowest BCUT2D eigenvalue weighted by Crippen LogP contribution is -2.26. The number of rotatable bonds is 5. The quantitative estimate of drug-likeness (QED) is 0.568. The van der Waals surface area contributed by atoms with E-state index in [0.29, 0.717) is 5.92 Å². The van der Waals surface area contributed by atoms with Gasteiger partial charge in [0, 0.05) is 4.47 Å². The first kappa shape index (κ1) is 17.7. The first-order chi connectivity index (χ1) is 11.7. The smallest absolute Gasteiger partial charge is 0.0175 e. The van der Waals surface area contributed by atoms with E-state index in [4.69, 9.17) is 0 Å². The number of hydrogen-bond acceptors (Lipinski definition) is 1. The molecule has 0 bridgehead atoms. The molecule has 0 saturated carbocycles. The minimum absolute atomic E-state index is 0.632. The molecule has 24 heavy (non-hydrogen) atoms. The molecule has 1 unspecified atom stereocenters. The summed E-state index contributed by atoms with van der Waals surface area (Å²) < 4.78 is 1.13. The molecular weight excluding hydrogens is 358 g/mol. The topological polar surface area (TPSA) is 3.24 Å². The van der Waals surface area contributed by atoms with Crippen molar-refractivity contribution >= 4 is 15.9 Å². The molecule has 0 aromatic heterocycles. The summed E-state index contributed by atoms with van der Waals surface area (Å²) in [5.74, 6) is 0.632. The molecular formula is C22H28BrN. The van der Waals surface area contributed by atoms with E-state index >= 15 is 0 Å². The Labute approximate surface area is 155 Å². The minimum atomic E-state index is 0.632. The van der Waals surface area contributed by atoms with E-state index < -0.39 is 0 Å². The van der Waals surface area contributed by atoms with Crippen LogP contribution in [-0.4, -0.2) is 24.5 Å². The van der Waals surface area contributed by atoms with Gasteiger partial charge in [-0.3, -0.25) is 0 Å². The van der Waals surface area contributed by atoms with Crippen molar-refractivity contribution in [3.8, 4) is 11.1 Å². The Morgan fingerprint density at radius 3 is 1.96 bits per heavy atom. The van der Waals surface area contributed by atoms with Crippen molar-refractivity contribution in [2.75, 3.05) is 19.6 Å². The predicted molar refractivity (Wildman–Crippen MR) is 108 cm³/mol. The molecule has 1 aliphatic rings. The van der Waals surface area contributed by atoms with Gasteiger partial charge in [0.2, 0.25) is 0 Å². The van der Waals surface area contributed by atoms with Crippen LogP contribution in [-0.2, 0) is 0 Å². The van der Waals surface area contributed by atoms with E-state index in [1.807, 2.05) is 0 Å². The average molecular weight is 386 g/mol. The molecule has 1 fully saturated rings. The van der Waals surface area contributed by atoms with E-state index in [0.717, 1.165) is 4.47 Å². The number of halogens is 1. The third-order valence-corrected chi connectivity index (χ3v) is 5.76. The van der Waals surface area contributed by atoms with Gasteiger partial charge in [0.1, 0.15) is 0 Å². The summed E-state index contributed by atoms with van der Waals surface area (Å²) in [6, 6.07) is 17.7. The highest BCUT2D eigenvalue weighted by Crippen LogP contribution is 2.26. The van der Waals surface area contributed by atoms with Gasteiger partial charge in [0.05, 0.1) is 0 Å². The molecule has 2 aromatic rings. The normalized spacial score (nSPS) is 17.4. The van der Waals surface area contributed by atoms with E-state index in [2.05, 4.69) is 76.3 Å². The van der Waals surface area contributed by atoms with Gasteiger partial charge >= 0.3 is 0 Å². The van der Waals surface area contributed by atoms with Crippen LogP contribution in [0.2, 0.25) is 0 Å². The van der Waals surface area contributed by atoms with E-state index in [-0.39, 0.29) is 0 Å². The first-order valence-corrected chi connectivity index (χ1v) is 10.1. The number of hydrogen-bond donors (Lipinski definition) is 0. The summed E-state index contributed by atoms with van der Waals surface area (Å²) in [7, 11) is 0. The molecule has 1 aliphatic heterocycles. The first-order valence-electron chi connectivity index (χ1n) is 9.30. The Hall–Kier alpha value is -1.12. The monoisotopic (exact) mass is 385 g/mol. The maximum Gasteiger partial charge on any atom is 0.0175 e. The second kappa shape index (κ2) is 8.82. The molecule has 0 amide bonds. The van der Waals surface area contributed by atoms with Gasteiger partial charge in [-0.05, 0) is 73.6 Å². The van der Waals surface area contributed by atoms with Crippen LogP contribution in [0.15, 0.2) is 53.0 Å². The zero-order chi connectivity index (χ0) is 16.8. The summed E-state index contributed by atoms with van der Waals surface area (Å²) in [5.41, 5.74) is 4.04. The summed E-state index contributed by atoms with van der Waals surface area (Å²) >= 11 is 3.50. The SMILES string of the molecule is CC(CCN1CCCCCC1)c1ccc(-c2ccc(Br)cc2)cc1. The van der Waals surface area contributed by atoms with Crippen molar-refractivity contribution in [2.24, 2.45) is 0 Å². The standard InChI is InChI=1S/C22H28BrN/c1-18(14-17-24-15-4-2-3-5-16-24)19-6-8-20(9-7-19)21-10-12-22(23)13-11-21/h6-13,18H,2-5,14-17H2,1H3. The summed E-state index contributed by atoms with van der Waals surface area (Å²) in [5, 5.41) is 0. The maximum absolute atomic E-state index is 3.50. The largest absolute Gasteiger partial charge is 0.303 e. The number of likely N-dealkylation sites (tertiary alicyclic amines) is 1. The fraction of sp³-hybridized carbons (Fsp3) is 0.455. The second-order valence-electron chi connectivity index (χ2n) is 7.07. The van der Waals surface area contributed by atoms with Crippen LogP contribution in [0.1, 0.15) is 50.5 Å². The summed E-state index contributed by atoms with van der Waals surface area (Å²) in [6.45, 7) is 6.21.